The Balaban J connectivity index is 1.76. The highest BCUT2D eigenvalue weighted by atomic mass is 16.8. The van der Waals surface area contributed by atoms with Crippen molar-refractivity contribution in [1.82, 2.24) is 0 Å². The molecule has 4 aliphatic heterocycles. The molecule has 0 aromatic carbocycles. The number of Topliss-reactive ketones (excluding diaryl/α,β-unsaturated/α-hetero) is 1. The normalized spacial score (nSPS) is 36.9. The van der Waals surface area contributed by atoms with Crippen molar-refractivity contribution in [2.24, 2.45) is 0 Å². The summed E-state index contributed by atoms with van der Waals surface area (Å²) in [5.74, 6) is 0.178. The minimum atomic E-state index is -1.71. The highest BCUT2D eigenvalue weighted by Gasteiger charge is 2.56. The van der Waals surface area contributed by atoms with E-state index in [4.69, 9.17) is 52.1 Å². The van der Waals surface area contributed by atoms with Crippen LogP contribution in [-0.4, -0.2) is 209 Å². The molecule has 0 spiro atoms. The summed E-state index contributed by atoms with van der Waals surface area (Å²) < 4.78 is 71.1. The quantitative estimate of drug-likeness (QED) is 0.0391. The van der Waals surface area contributed by atoms with E-state index in [0.717, 1.165) is 83.5 Å². The summed E-state index contributed by atoms with van der Waals surface area (Å²) in [6.45, 7) is 12.7. The number of hydrogen-bond donors (Lipinski definition) is 8. The third kappa shape index (κ3) is 21.1. The van der Waals surface area contributed by atoms with Crippen molar-refractivity contribution in [2.45, 2.75) is 312 Å². The Morgan fingerprint density at radius 2 is 0.947 bits per heavy atom. The van der Waals surface area contributed by atoms with Gasteiger partial charge in [-0.25, -0.2) is 0 Å². The van der Waals surface area contributed by atoms with Crippen LogP contribution in [0.3, 0.4) is 0 Å². The zero-order valence-electron chi connectivity index (χ0n) is 46.5. The molecule has 21 unspecified atom stereocenters. The predicted molar refractivity (Wildman–Crippen MR) is 275 cm³/mol. The Labute approximate surface area is 447 Å². The van der Waals surface area contributed by atoms with E-state index in [-0.39, 0.29) is 38.3 Å². The molecule has 4 saturated heterocycles. The zero-order valence-corrected chi connectivity index (χ0v) is 46.5. The van der Waals surface area contributed by atoms with Gasteiger partial charge >= 0.3 is 0 Å². The number of rotatable bonds is 38. The first-order chi connectivity index (χ1) is 36.1. The lowest BCUT2D eigenvalue weighted by Gasteiger charge is -2.51. The molecule has 20 nitrogen and oxygen atoms in total. The zero-order chi connectivity index (χ0) is 54.9. The third-order valence-corrected chi connectivity index (χ3v) is 14.9. The number of hydrogen-bond acceptors (Lipinski definition) is 20. The molecule has 20 heteroatoms. The predicted octanol–water partition coefficient (Wildman–Crippen LogP) is 4.63. The first-order valence-corrected chi connectivity index (χ1v) is 29.0. The largest absolute Gasteiger partial charge is 0.394 e. The van der Waals surface area contributed by atoms with E-state index in [2.05, 4.69) is 6.92 Å². The molecule has 0 saturated carbocycles. The third-order valence-electron chi connectivity index (χ3n) is 14.9. The van der Waals surface area contributed by atoms with Gasteiger partial charge in [0, 0.05) is 26.2 Å². The Morgan fingerprint density at radius 1 is 0.440 bits per heavy atom. The number of aliphatic hydroxyl groups is 8. The molecule has 4 rings (SSSR count). The van der Waals surface area contributed by atoms with E-state index in [1.807, 2.05) is 20.8 Å². The molecule has 0 aromatic heterocycles. The molecule has 0 amide bonds. The van der Waals surface area contributed by atoms with Crippen LogP contribution in [0.15, 0.2) is 0 Å². The molecule has 4 fully saturated rings. The van der Waals surface area contributed by atoms with Crippen molar-refractivity contribution in [2.75, 3.05) is 33.0 Å². The van der Waals surface area contributed by atoms with Crippen molar-refractivity contribution in [3.63, 3.8) is 0 Å². The summed E-state index contributed by atoms with van der Waals surface area (Å²) in [5, 5.41) is 89.3. The van der Waals surface area contributed by atoms with Gasteiger partial charge in [0.1, 0.15) is 91.2 Å². The number of aliphatic hydroxyl groups excluding tert-OH is 8. The van der Waals surface area contributed by atoms with Gasteiger partial charge in [0.15, 0.2) is 25.2 Å². The van der Waals surface area contributed by atoms with Crippen molar-refractivity contribution in [3.05, 3.63) is 0 Å². The molecule has 4 aliphatic rings. The second kappa shape index (κ2) is 36.3. The van der Waals surface area contributed by atoms with Gasteiger partial charge in [-0.1, -0.05) is 118 Å². The van der Waals surface area contributed by atoms with E-state index in [1.165, 1.54) is 19.8 Å². The fourth-order valence-corrected chi connectivity index (χ4v) is 10.1. The topological polar surface area (TPSA) is 280 Å². The van der Waals surface area contributed by atoms with E-state index >= 15 is 0 Å². The maximum Gasteiger partial charge on any atom is 0.187 e. The summed E-state index contributed by atoms with van der Waals surface area (Å²) in [6.07, 6.45) is -8.68. The van der Waals surface area contributed by atoms with Crippen molar-refractivity contribution in [3.8, 4) is 0 Å². The Hall–Kier alpha value is -1.09. The maximum atomic E-state index is 12.1. The fourth-order valence-electron chi connectivity index (χ4n) is 10.1. The van der Waals surface area contributed by atoms with Crippen LogP contribution in [0.4, 0.5) is 0 Å². The maximum absolute atomic E-state index is 12.1. The lowest BCUT2D eigenvalue weighted by Crippen LogP contribution is -2.68. The van der Waals surface area contributed by atoms with Crippen LogP contribution >= 0.6 is 0 Å². The second-order valence-electron chi connectivity index (χ2n) is 21.4. The number of carbonyl (C=O) groups is 1. The van der Waals surface area contributed by atoms with Gasteiger partial charge in [-0.2, -0.15) is 0 Å². The van der Waals surface area contributed by atoms with Gasteiger partial charge in [-0.05, 0) is 59.3 Å². The number of ketones is 1. The molecular formula is C55H102O20. The molecule has 0 radical (unpaired) electrons. The molecular weight excluding hydrogens is 981 g/mol. The van der Waals surface area contributed by atoms with Gasteiger partial charge in [-0.3, -0.25) is 0 Å². The number of unbranched alkanes of at least 4 members (excludes halogenated alkanes) is 13. The van der Waals surface area contributed by atoms with E-state index in [1.54, 1.807) is 13.8 Å². The first kappa shape index (κ1) is 66.4. The lowest BCUT2D eigenvalue weighted by molar-refractivity contribution is -0.402. The first-order valence-electron chi connectivity index (χ1n) is 29.0. The molecule has 4 heterocycles. The summed E-state index contributed by atoms with van der Waals surface area (Å²) in [7, 11) is 0. The fraction of sp³-hybridized carbons (Fsp3) is 0.982. The van der Waals surface area contributed by atoms with Gasteiger partial charge < -0.3 is 97.8 Å². The molecule has 21 atom stereocenters. The van der Waals surface area contributed by atoms with Crippen LogP contribution in [0.1, 0.15) is 183 Å². The summed E-state index contributed by atoms with van der Waals surface area (Å²) in [4.78, 5) is 11.5. The minimum absolute atomic E-state index is 0.178. The smallest absolute Gasteiger partial charge is 0.187 e. The Morgan fingerprint density at radius 3 is 1.53 bits per heavy atom. The monoisotopic (exact) mass is 1080 g/mol. The number of carbonyl (C=O) groups excluding carboxylic acids is 1. The van der Waals surface area contributed by atoms with Crippen LogP contribution in [0, 0.1) is 0 Å². The molecule has 75 heavy (non-hydrogen) atoms. The standard InChI is InChI=1S/C55H102O20/c1-8-12-16-17-18-21-24-27-37(28-25-22-19-20-23-26-34(5)57)71-54-49(44(62)42(60)38(32-56)72-54)74-55-51(75-53-46(64)48(66-30-14-10-3)41(59)36(7)70-53)50(67-31-15-11-4)47(65-29-13-9-2)39(73-55)33-68-52-45(63)43(61)40(58)35(6)69-52/h35-56,58-64H,8-33H2,1-7H3. The lowest BCUT2D eigenvalue weighted by atomic mass is 9.95. The minimum Gasteiger partial charge on any atom is -0.394 e. The molecule has 0 aliphatic carbocycles. The number of ether oxygens (including phenoxy) is 11. The molecule has 0 aromatic rings. The average molecular weight is 1080 g/mol. The van der Waals surface area contributed by atoms with E-state index in [9.17, 15) is 45.6 Å². The Bertz CT molecular complexity index is 1490. The van der Waals surface area contributed by atoms with Crippen LogP contribution in [0.5, 0.6) is 0 Å². The summed E-state index contributed by atoms with van der Waals surface area (Å²) in [5.41, 5.74) is 0. The molecule has 442 valence electrons. The summed E-state index contributed by atoms with van der Waals surface area (Å²) >= 11 is 0. The van der Waals surface area contributed by atoms with E-state index < -0.39 is 129 Å². The highest BCUT2D eigenvalue weighted by Crippen LogP contribution is 2.37. The SMILES string of the molecule is CCCCCCCCCC(CCCCCCCC(C)=O)OC1OC(CO)C(O)C(O)C1OC1OC(COC2OC(C)C(O)C(O)C2O)C(OCCCC)C(OCCCC)C1OC1OC(C)C(O)C(OCCCC)C1O. The second-order valence-corrected chi connectivity index (χ2v) is 21.4. The molecule has 0 bridgehead atoms. The van der Waals surface area contributed by atoms with Crippen molar-refractivity contribution in [1.29, 1.82) is 0 Å². The van der Waals surface area contributed by atoms with Gasteiger partial charge in [-0.15, -0.1) is 0 Å². The average Bonchev–Trinajstić information content (AvgIpc) is 3.39. The van der Waals surface area contributed by atoms with Crippen LogP contribution < -0.4 is 0 Å². The Kier molecular flexibility index (Phi) is 32.2. The van der Waals surface area contributed by atoms with Crippen LogP contribution in [-0.2, 0) is 56.9 Å². The van der Waals surface area contributed by atoms with Crippen molar-refractivity contribution < 1.29 is 97.8 Å². The van der Waals surface area contributed by atoms with Gasteiger partial charge in [0.2, 0.25) is 0 Å². The van der Waals surface area contributed by atoms with Crippen LogP contribution in [0.25, 0.3) is 0 Å². The summed E-state index contributed by atoms with van der Waals surface area (Å²) in [6, 6.07) is 0. The van der Waals surface area contributed by atoms with Crippen LogP contribution in [0.2, 0.25) is 0 Å². The van der Waals surface area contributed by atoms with Gasteiger partial charge in [0.25, 0.3) is 0 Å². The highest BCUT2D eigenvalue weighted by molar-refractivity contribution is 5.75. The molecule has 8 N–H and O–H groups in total. The van der Waals surface area contributed by atoms with Gasteiger partial charge in [0.05, 0.1) is 31.5 Å². The van der Waals surface area contributed by atoms with Crippen molar-refractivity contribution >= 4 is 5.78 Å². The van der Waals surface area contributed by atoms with E-state index in [0.29, 0.717) is 38.5 Å².